The Balaban J connectivity index is 2.27. The summed E-state index contributed by atoms with van der Waals surface area (Å²) < 4.78 is 0. The van der Waals surface area contributed by atoms with Crippen molar-refractivity contribution in [2.24, 2.45) is 5.73 Å². The lowest BCUT2D eigenvalue weighted by atomic mass is 10.0. The van der Waals surface area contributed by atoms with Crippen LogP contribution in [0.2, 0.25) is 0 Å². The standard InChI is InChI=1S/C10H14N2OS/c11-5-7-1-2-9(12-10(7)13)8-3-4-14-6-8/h1-2,8H,3-6,11H2,(H,12,13). The SMILES string of the molecule is NCc1ccc(C2CCSC2)[nH]c1=O. The average molecular weight is 210 g/mol. The topological polar surface area (TPSA) is 58.9 Å². The number of nitrogens with one attached hydrogen (secondary N) is 1. The van der Waals surface area contributed by atoms with Crippen molar-refractivity contribution in [3.05, 3.63) is 33.7 Å². The van der Waals surface area contributed by atoms with Gasteiger partial charge < -0.3 is 10.7 Å². The summed E-state index contributed by atoms with van der Waals surface area (Å²) >= 11 is 1.95. The molecule has 4 heteroatoms. The van der Waals surface area contributed by atoms with Crippen LogP contribution in [0.15, 0.2) is 16.9 Å². The fourth-order valence-corrected chi connectivity index (χ4v) is 2.95. The van der Waals surface area contributed by atoms with E-state index in [-0.39, 0.29) is 5.56 Å². The molecule has 2 rings (SSSR count). The maximum Gasteiger partial charge on any atom is 0.252 e. The zero-order valence-electron chi connectivity index (χ0n) is 7.95. The minimum absolute atomic E-state index is 0.0260. The molecule has 0 aliphatic carbocycles. The van der Waals surface area contributed by atoms with Gasteiger partial charge in [0.15, 0.2) is 0 Å². The van der Waals surface area contributed by atoms with Gasteiger partial charge in [0.1, 0.15) is 0 Å². The number of aromatic amines is 1. The highest BCUT2D eigenvalue weighted by atomic mass is 32.2. The van der Waals surface area contributed by atoms with E-state index in [1.807, 2.05) is 23.9 Å². The predicted molar refractivity (Wildman–Crippen MR) is 59.6 cm³/mol. The fourth-order valence-electron chi connectivity index (χ4n) is 1.70. The van der Waals surface area contributed by atoms with Crippen molar-refractivity contribution in [3.63, 3.8) is 0 Å². The second-order valence-corrected chi connectivity index (χ2v) is 4.68. The number of hydrogen-bond donors (Lipinski definition) is 2. The van der Waals surface area contributed by atoms with Crippen molar-refractivity contribution in [1.29, 1.82) is 0 Å². The third-order valence-electron chi connectivity index (χ3n) is 2.60. The maximum atomic E-state index is 11.5. The highest BCUT2D eigenvalue weighted by Crippen LogP contribution is 2.30. The van der Waals surface area contributed by atoms with E-state index >= 15 is 0 Å². The normalized spacial score (nSPS) is 21.4. The van der Waals surface area contributed by atoms with E-state index in [1.165, 1.54) is 12.2 Å². The molecule has 3 nitrogen and oxygen atoms in total. The number of nitrogens with two attached hydrogens (primary N) is 1. The Kier molecular flexibility index (Phi) is 2.93. The lowest BCUT2D eigenvalue weighted by molar-refractivity contribution is 0.744. The van der Waals surface area contributed by atoms with Crippen molar-refractivity contribution < 1.29 is 0 Å². The smallest absolute Gasteiger partial charge is 0.252 e. The number of hydrogen-bond acceptors (Lipinski definition) is 3. The Morgan fingerprint density at radius 1 is 1.57 bits per heavy atom. The second kappa shape index (κ2) is 4.19. The number of aromatic nitrogens is 1. The Morgan fingerprint density at radius 2 is 2.43 bits per heavy atom. The zero-order chi connectivity index (χ0) is 9.97. The van der Waals surface area contributed by atoms with Gasteiger partial charge in [-0.3, -0.25) is 4.79 Å². The molecular weight excluding hydrogens is 196 g/mol. The third kappa shape index (κ3) is 1.86. The van der Waals surface area contributed by atoms with Gasteiger partial charge >= 0.3 is 0 Å². The molecule has 1 aromatic heterocycles. The largest absolute Gasteiger partial charge is 0.326 e. The van der Waals surface area contributed by atoms with Crippen LogP contribution in [0.1, 0.15) is 23.6 Å². The highest BCUT2D eigenvalue weighted by molar-refractivity contribution is 7.99. The summed E-state index contributed by atoms with van der Waals surface area (Å²) in [5.74, 6) is 2.85. The van der Waals surface area contributed by atoms with Crippen molar-refractivity contribution in [2.75, 3.05) is 11.5 Å². The van der Waals surface area contributed by atoms with Crippen LogP contribution in [0.25, 0.3) is 0 Å². The average Bonchev–Trinajstić information content (AvgIpc) is 2.70. The van der Waals surface area contributed by atoms with E-state index in [1.54, 1.807) is 0 Å². The first kappa shape index (κ1) is 9.80. The van der Waals surface area contributed by atoms with Crippen molar-refractivity contribution in [2.45, 2.75) is 18.9 Å². The Morgan fingerprint density at radius 3 is 3.00 bits per heavy atom. The summed E-state index contributed by atoms with van der Waals surface area (Å²) in [4.78, 5) is 14.4. The molecule has 2 heterocycles. The maximum absolute atomic E-state index is 11.5. The second-order valence-electron chi connectivity index (χ2n) is 3.53. The Labute approximate surface area is 87.1 Å². The van der Waals surface area contributed by atoms with Gasteiger partial charge in [-0.15, -0.1) is 0 Å². The monoisotopic (exact) mass is 210 g/mol. The van der Waals surface area contributed by atoms with Crippen molar-refractivity contribution in [3.8, 4) is 0 Å². The summed E-state index contributed by atoms with van der Waals surface area (Å²) in [6.07, 6.45) is 1.17. The van der Waals surface area contributed by atoms with Crippen LogP contribution in [0.5, 0.6) is 0 Å². The first-order valence-corrected chi connectivity index (χ1v) is 5.96. The molecule has 0 bridgehead atoms. The quantitative estimate of drug-likeness (QED) is 0.767. The molecule has 1 unspecified atom stereocenters. The van der Waals surface area contributed by atoms with E-state index in [0.29, 0.717) is 18.0 Å². The van der Waals surface area contributed by atoms with Gasteiger partial charge in [0.2, 0.25) is 0 Å². The van der Waals surface area contributed by atoms with Crippen LogP contribution < -0.4 is 11.3 Å². The van der Waals surface area contributed by atoms with Crippen LogP contribution >= 0.6 is 11.8 Å². The summed E-state index contributed by atoms with van der Waals surface area (Å²) in [7, 11) is 0. The molecule has 76 valence electrons. The van der Waals surface area contributed by atoms with Crippen LogP contribution in [0, 0.1) is 0 Å². The van der Waals surface area contributed by atoms with Crippen LogP contribution in [0.4, 0.5) is 0 Å². The van der Waals surface area contributed by atoms with Gasteiger partial charge in [-0.25, -0.2) is 0 Å². The molecule has 3 N–H and O–H groups in total. The Bertz CT molecular complexity index is 369. The molecule has 0 amide bonds. The molecule has 0 radical (unpaired) electrons. The van der Waals surface area contributed by atoms with Crippen LogP contribution in [0.3, 0.4) is 0 Å². The molecule has 1 atom stereocenters. The molecular formula is C10H14N2OS. The van der Waals surface area contributed by atoms with Gasteiger partial charge in [-0.1, -0.05) is 6.07 Å². The van der Waals surface area contributed by atoms with Crippen molar-refractivity contribution >= 4 is 11.8 Å². The van der Waals surface area contributed by atoms with Crippen LogP contribution in [-0.2, 0) is 6.54 Å². The van der Waals surface area contributed by atoms with E-state index in [2.05, 4.69) is 4.98 Å². The lowest BCUT2D eigenvalue weighted by Gasteiger charge is -2.08. The minimum atomic E-state index is -0.0260. The zero-order valence-corrected chi connectivity index (χ0v) is 8.77. The lowest BCUT2D eigenvalue weighted by Crippen LogP contribution is -2.18. The highest BCUT2D eigenvalue weighted by Gasteiger charge is 2.18. The molecule has 1 aliphatic rings. The molecule has 1 aromatic rings. The van der Waals surface area contributed by atoms with E-state index < -0.39 is 0 Å². The molecule has 0 aromatic carbocycles. The molecule has 1 aliphatic heterocycles. The van der Waals surface area contributed by atoms with Gasteiger partial charge in [0, 0.05) is 29.5 Å². The summed E-state index contributed by atoms with van der Waals surface area (Å²) in [6, 6.07) is 3.84. The van der Waals surface area contributed by atoms with Crippen molar-refractivity contribution in [1.82, 2.24) is 4.98 Å². The summed E-state index contributed by atoms with van der Waals surface area (Å²) in [5, 5.41) is 0. The third-order valence-corrected chi connectivity index (χ3v) is 3.77. The van der Waals surface area contributed by atoms with Gasteiger partial charge in [-0.2, -0.15) is 11.8 Å². The Hall–Kier alpha value is -0.740. The van der Waals surface area contributed by atoms with E-state index in [4.69, 9.17) is 5.73 Å². The summed E-state index contributed by atoms with van der Waals surface area (Å²) in [6.45, 7) is 0.315. The predicted octanol–water partition coefficient (Wildman–Crippen LogP) is 1.05. The number of H-pyrrole nitrogens is 1. The minimum Gasteiger partial charge on any atom is -0.326 e. The summed E-state index contributed by atoms with van der Waals surface area (Å²) in [5.41, 5.74) is 7.14. The number of thioether (sulfide) groups is 1. The van der Waals surface area contributed by atoms with E-state index in [0.717, 1.165) is 11.4 Å². The van der Waals surface area contributed by atoms with Gasteiger partial charge in [-0.05, 0) is 18.2 Å². The number of pyridine rings is 1. The van der Waals surface area contributed by atoms with Gasteiger partial charge in [0.05, 0.1) is 0 Å². The van der Waals surface area contributed by atoms with Crippen LogP contribution in [-0.4, -0.2) is 16.5 Å². The fraction of sp³-hybridized carbons (Fsp3) is 0.500. The molecule has 0 saturated carbocycles. The van der Waals surface area contributed by atoms with E-state index in [9.17, 15) is 4.79 Å². The molecule has 1 fully saturated rings. The molecule has 0 spiro atoms. The first-order chi connectivity index (χ1) is 6.81. The molecule has 1 saturated heterocycles. The first-order valence-electron chi connectivity index (χ1n) is 4.81. The van der Waals surface area contributed by atoms with Gasteiger partial charge in [0.25, 0.3) is 5.56 Å². The molecule has 14 heavy (non-hydrogen) atoms. The number of rotatable bonds is 2.